The van der Waals surface area contributed by atoms with Gasteiger partial charge >= 0.3 is 0 Å². The largest absolute Gasteiger partial charge is 0.356 e. The minimum atomic E-state index is 0.215. The summed E-state index contributed by atoms with van der Waals surface area (Å²) in [5.41, 5.74) is 0. The Morgan fingerprint density at radius 3 is 2.39 bits per heavy atom. The highest BCUT2D eigenvalue weighted by molar-refractivity contribution is 5.78. The number of rotatable bonds is 8. The molecule has 0 aliphatic carbocycles. The second-order valence-electron chi connectivity index (χ2n) is 5.41. The van der Waals surface area contributed by atoms with E-state index in [1.807, 2.05) is 0 Å². The first-order chi connectivity index (χ1) is 8.77. The van der Waals surface area contributed by atoms with Gasteiger partial charge in [0.2, 0.25) is 5.91 Å². The highest BCUT2D eigenvalue weighted by atomic mass is 16.1. The Morgan fingerprint density at radius 2 is 1.78 bits per heavy atom. The van der Waals surface area contributed by atoms with Gasteiger partial charge in [0.15, 0.2) is 0 Å². The minimum absolute atomic E-state index is 0.215. The fourth-order valence-corrected chi connectivity index (χ4v) is 2.66. The van der Waals surface area contributed by atoms with Crippen LogP contribution in [0.25, 0.3) is 0 Å². The van der Waals surface area contributed by atoms with Gasteiger partial charge in [-0.25, -0.2) is 0 Å². The first-order valence-corrected chi connectivity index (χ1v) is 7.78. The summed E-state index contributed by atoms with van der Waals surface area (Å²) in [6, 6.07) is 0. The molecule has 1 amide bonds. The fourth-order valence-electron chi connectivity index (χ4n) is 2.66. The first kappa shape index (κ1) is 15.5. The maximum absolute atomic E-state index is 11.7. The van der Waals surface area contributed by atoms with Crippen molar-refractivity contribution in [2.24, 2.45) is 5.92 Å². The van der Waals surface area contributed by atoms with E-state index in [-0.39, 0.29) is 11.8 Å². The zero-order chi connectivity index (χ0) is 13.2. The molecular formula is C15H30N2O. The molecule has 1 rings (SSSR count). The zero-order valence-corrected chi connectivity index (χ0v) is 12.2. The second kappa shape index (κ2) is 9.37. The lowest BCUT2D eigenvalue weighted by Gasteiger charge is -2.26. The zero-order valence-electron chi connectivity index (χ0n) is 12.2. The van der Waals surface area contributed by atoms with Crippen LogP contribution in [-0.2, 0) is 4.79 Å². The highest BCUT2D eigenvalue weighted by Gasteiger charge is 2.13. The van der Waals surface area contributed by atoms with Crippen molar-refractivity contribution in [1.82, 2.24) is 10.2 Å². The van der Waals surface area contributed by atoms with Gasteiger partial charge in [-0.1, -0.05) is 20.3 Å². The summed E-state index contributed by atoms with van der Waals surface area (Å²) in [6.45, 7) is 8.79. The molecule has 0 atom stereocenters. The van der Waals surface area contributed by atoms with Gasteiger partial charge in [-0.3, -0.25) is 4.79 Å². The van der Waals surface area contributed by atoms with Gasteiger partial charge < -0.3 is 10.2 Å². The molecule has 106 valence electrons. The van der Waals surface area contributed by atoms with Crippen molar-refractivity contribution in [1.29, 1.82) is 0 Å². The van der Waals surface area contributed by atoms with Crippen LogP contribution in [0.15, 0.2) is 0 Å². The number of likely N-dealkylation sites (tertiary alicyclic amines) is 1. The van der Waals surface area contributed by atoms with E-state index >= 15 is 0 Å². The normalized spacial score (nSPS) is 17.1. The van der Waals surface area contributed by atoms with Crippen LogP contribution in [0.4, 0.5) is 0 Å². The molecule has 0 bridgehead atoms. The van der Waals surface area contributed by atoms with Crippen LogP contribution in [-0.4, -0.2) is 37.0 Å². The molecule has 1 N–H and O–H groups in total. The van der Waals surface area contributed by atoms with Gasteiger partial charge in [0.1, 0.15) is 0 Å². The lowest BCUT2D eigenvalue weighted by Crippen LogP contribution is -2.33. The SMILES string of the molecule is CCC(CC)C(=O)NCCCCN1CCCCC1. The van der Waals surface area contributed by atoms with Crippen molar-refractivity contribution >= 4 is 5.91 Å². The van der Waals surface area contributed by atoms with Crippen LogP contribution in [0.3, 0.4) is 0 Å². The monoisotopic (exact) mass is 254 g/mol. The van der Waals surface area contributed by atoms with Gasteiger partial charge in [-0.2, -0.15) is 0 Å². The number of hydrogen-bond acceptors (Lipinski definition) is 2. The van der Waals surface area contributed by atoms with Crippen molar-refractivity contribution in [2.45, 2.75) is 58.8 Å². The van der Waals surface area contributed by atoms with Gasteiger partial charge in [0.25, 0.3) is 0 Å². The van der Waals surface area contributed by atoms with Crippen molar-refractivity contribution in [3.63, 3.8) is 0 Å². The van der Waals surface area contributed by atoms with Gasteiger partial charge in [0, 0.05) is 12.5 Å². The summed E-state index contributed by atoms with van der Waals surface area (Å²) in [4.78, 5) is 14.3. The predicted octanol–water partition coefficient (Wildman–Crippen LogP) is 2.80. The number of piperidine rings is 1. The minimum Gasteiger partial charge on any atom is -0.356 e. The molecule has 0 unspecified atom stereocenters. The van der Waals surface area contributed by atoms with Gasteiger partial charge in [0.05, 0.1) is 0 Å². The van der Waals surface area contributed by atoms with Crippen LogP contribution in [0.2, 0.25) is 0 Å². The molecule has 0 aromatic heterocycles. The van der Waals surface area contributed by atoms with E-state index in [1.54, 1.807) is 0 Å². The molecule has 0 saturated carbocycles. The quantitative estimate of drug-likeness (QED) is 0.676. The molecule has 1 aliphatic heterocycles. The van der Waals surface area contributed by atoms with Crippen molar-refractivity contribution in [3.05, 3.63) is 0 Å². The standard InChI is InChI=1S/C15H30N2O/c1-3-14(4-2)15(18)16-10-6-9-13-17-11-7-5-8-12-17/h14H,3-13H2,1-2H3,(H,16,18). The lowest BCUT2D eigenvalue weighted by atomic mass is 10.0. The van der Waals surface area contributed by atoms with E-state index in [0.717, 1.165) is 25.8 Å². The molecule has 1 fully saturated rings. The van der Waals surface area contributed by atoms with E-state index in [4.69, 9.17) is 0 Å². The van der Waals surface area contributed by atoms with E-state index in [0.29, 0.717) is 0 Å². The average molecular weight is 254 g/mol. The predicted molar refractivity (Wildman–Crippen MR) is 76.6 cm³/mol. The van der Waals surface area contributed by atoms with Crippen LogP contribution < -0.4 is 5.32 Å². The molecule has 1 aliphatic rings. The smallest absolute Gasteiger partial charge is 0.223 e. The molecule has 0 spiro atoms. The van der Waals surface area contributed by atoms with E-state index in [9.17, 15) is 4.79 Å². The van der Waals surface area contributed by atoms with Crippen molar-refractivity contribution in [2.75, 3.05) is 26.2 Å². The second-order valence-corrected chi connectivity index (χ2v) is 5.41. The molecule has 0 radical (unpaired) electrons. The number of carbonyl (C=O) groups is 1. The summed E-state index contributed by atoms with van der Waals surface area (Å²) >= 11 is 0. The molecule has 0 aromatic rings. The molecule has 0 aromatic carbocycles. The molecule has 18 heavy (non-hydrogen) atoms. The Morgan fingerprint density at radius 1 is 1.11 bits per heavy atom. The Labute approximate surface area is 112 Å². The maximum atomic E-state index is 11.7. The van der Waals surface area contributed by atoms with E-state index < -0.39 is 0 Å². The van der Waals surface area contributed by atoms with Crippen LogP contribution in [0.5, 0.6) is 0 Å². The molecule has 1 saturated heterocycles. The number of amides is 1. The Bertz CT molecular complexity index is 221. The third kappa shape index (κ3) is 5.85. The highest BCUT2D eigenvalue weighted by Crippen LogP contribution is 2.09. The maximum Gasteiger partial charge on any atom is 0.223 e. The van der Waals surface area contributed by atoms with E-state index in [1.165, 1.54) is 45.3 Å². The molecular weight excluding hydrogens is 224 g/mol. The molecule has 1 heterocycles. The number of hydrogen-bond donors (Lipinski definition) is 1. The summed E-state index contributed by atoms with van der Waals surface area (Å²) in [5.74, 6) is 0.463. The Balaban J connectivity index is 1.99. The number of unbranched alkanes of at least 4 members (excludes halogenated alkanes) is 1. The number of nitrogens with zero attached hydrogens (tertiary/aromatic N) is 1. The van der Waals surface area contributed by atoms with Crippen LogP contribution in [0, 0.1) is 5.92 Å². The van der Waals surface area contributed by atoms with E-state index in [2.05, 4.69) is 24.1 Å². The van der Waals surface area contributed by atoms with Gasteiger partial charge in [-0.05, 0) is 58.2 Å². The third-order valence-corrected chi connectivity index (χ3v) is 4.01. The summed E-state index contributed by atoms with van der Waals surface area (Å²) in [5, 5.41) is 3.06. The Kier molecular flexibility index (Phi) is 8.06. The average Bonchev–Trinajstić information content (AvgIpc) is 2.41. The van der Waals surface area contributed by atoms with Gasteiger partial charge in [-0.15, -0.1) is 0 Å². The first-order valence-electron chi connectivity index (χ1n) is 7.78. The number of carbonyl (C=O) groups excluding carboxylic acids is 1. The Hall–Kier alpha value is -0.570. The summed E-state index contributed by atoms with van der Waals surface area (Å²) in [7, 11) is 0. The third-order valence-electron chi connectivity index (χ3n) is 4.01. The molecule has 3 nitrogen and oxygen atoms in total. The van der Waals surface area contributed by atoms with Crippen molar-refractivity contribution in [3.8, 4) is 0 Å². The summed E-state index contributed by atoms with van der Waals surface area (Å²) in [6.07, 6.45) is 8.37. The topological polar surface area (TPSA) is 32.3 Å². The molecule has 3 heteroatoms. The lowest BCUT2D eigenvalue weighted by molar-refractivity contribution is -0.125. The fraction of sp³-hybridized carbons (Fsp3) is 0.933. The summed E-state index contributed by atoms with van der Waals surface area (Å²) < 4.78 is 0. The van der Waals surface area contributed by atoms with Crippen LogP contribution >= 0.6 is 0 Å². The van der Waals surface area contributed by atoms with Crippen LogP contribution in [0.1, 0.15) is 58.8 Å². The number of nitrogens with one attached hydrogen (secondary N) is 1. The van der Waals surface area contributed by atoms with Crippen molar-refractivity contribution < 1.29 is 4.79 Å².